The molecule has 9 nitrogen and oxygen atoms in total. The molecular formula is C15H17N7O2S. The van der Waals surface area contributed by atoms with E-state index in [1.807, 2.05) is 4.90 Å². The summed E-state index contributed by atoms with van der Waals surface area (Å²) in [7, 11) is 0. The minimum atomic E-state index is -0.329. The van der Waals surface area contributed by atoms with Gasteiger partial charge < -0.3 is 15.4 Å². The molecule has 0 unspecified atom stereocenters. The van der Waals surface area contributed by atoms with E-state index in [1.165, 1.54) is 0 Å². The highest BCUT2D eigenvalue weighted by molar-refractivity contribution is 7.96. The highest BCUT2D eigenvalue weighted by atomic mass is 32.1. The maximum Gasteiger partial charge on any atom is 0.284 e. The SMILES string of the molecule is Nc1ncc(-c2nc(N3CCOCC3)nc3c2CCN3C(=O)S)cn1. The molecule has 2 aromatic heterocycles. The molecule has 4 heterocycles. The lowest BCUT2D eigenvalue weighted by atomic mass is 10.1. The van der Waals surface area contributed by atoms with Gasteiger partial charge in [-0.1, -0.05) is 12.6 Å². The van der Waals surface area contributed by atoms with E-state index in [1.54, 1.807) is 17.3 Å². The molecule has 0 spiro atoms. The first-order valence-electron chi connectivity index (χ1n) is 7.95. The zero-order chi connectivity index (χ0) is 17.4. The molecule has 0 bridgehead atoms. The predicted octanol–water partition coefficient (Wildman–Crippen LogP) is 0.765. The molecule has 2 aromatic rings. The van der Waals surface area contributed by atoms with Crippen LogP contribution in [0.4, 0.5) is 22.5 Å². The number of hydrogen-bond donors (Lipinski definition) is 2. The summed E-state index contributed by atoms with van der Waals surface area (Å²) in [6.07, 6.45) is 3.93. The molecule has 2 aliphatic rings. The maximum absolute atomic E-state index is 11.8. The number of thiol groups is 1. The van der Waals surface area contributed by atoms with Gasteiger partial charge in [0.15, 0.2) is 0 Å². The smallest absolute Gasteiger partial charge is 0.284 e. The van der Waals surface area contributed by atoms with E-state index in [-0.39, 0.29) is 11.2 Å². The Morgan fingerprint density at radius 3 is 2.56 bits per heavy atom. The summed E-state index contributed by atoms with van der Waals surface area (Å²) in [5, 5.41) is -0.329. The highest BCUT2D eigenvalue weighted by Gasteiger charge is 2.30. The van der Waals surface area contributed by atoms with Gasteiger partial charge in [-0.05, 0) is 6.42 Å². The van der Waals surface area contributed by atoms with Gasteiger partial charge in [-0.25, -0.2) is 15.0 Å². The van der Waals surface area contributed by atoms with Crippen LogP contribution in [0.5, 0.6) is 0 Å². The molecule has 0 aliphatic carbocycles. The van der Waals surface area contributed by atoms with Crippen molar-refractivity contribution < 1.29 is 9.53 Å². The average molecular weight is 359 g/mol. The van der Waals surface area contributed by atoms with Crippen molar-refractivity contribution in [1.82, 2.24) is 19.9 Å². The third-order valence-corrected chi connectivity index (χ3v) is 4.53. The highest BCUT2D eigenvalue weighted by Crippen LogP contribution is 2.35. The molecule has 0 saturated carbocycles. The Labute approximate surface area is 149 Å². The van der Waals surface area contributed by atoms with Gasteiger partial charge >= 0.3 is 0 Å². The normalized spacial score (nSPS) is 16.8. The van der Waals surface area contributed by atoms with Crippen molar-refractivity contribution in [1.29, 1.82) is 0 Å². The summed E-state index contributed by atoms with van der Waals surface area (Å²) in [5.41, 5.74) is 7.95. The quantitative estimate of drug-likeness (QED) is 0.757. The molecule has 1 amide bonds. The van der Waals surface area contributed by atoms with Crippen molar-refractivity contribution in [2.24, 2.45) is 0 Å². The second-order valence-corrected chi connectivity index (χ2v) is 6.17. The number of carbonyl (C=O) groups excluding carboxylic acids is 1. The van der Waals surface area contributed by atoms with Crippen molar-refractivity contribution >= 4 is 35.6 Å². The maximum atomic E-state index is 11.8. The lowest BCUT2D eigenvalue weighted by Crippen LogP contribution is -2.37. The summed E-state index contributed by atoms with van der Waals surface area (Å²) in [6.45, 7) is 3.17. The number of aromatic nitrogens is 4. The minimum absolute atomic E-state index is 0.204. The van der Waals surface area contributed by atoms with Gasteiger partial charge in [0.1, 0.15) is 5.82 Å². The average Bonchev–Trinajstić information content (AvgIpc) is 3.07. The third-order valence-electron chi connectivity index (χ3n) is 4.28. The fourth-order valence-electron chi connectivity index (χ4n) is 3.03. The van der Waals surface area contributed by atoms with Crippen LogP contribution in [0.3, 0.4) is 0 Å². The van der Waals surface area contributed by atoms with Crippen LogP contribution >= 0.6 is 12.6 Å². The van der Waals surface area contributed by atoms with Gasteiger partial charge in [0, 0.05) is 43.2 Å². The number of morpholine rings is 1. The predicted molar refractivity (Wildman–Crippen MR) is 95.9 cm³/mol. The summed E-state index contributed by atoms with van der Waals surface area (Å²) < 4.78 is 5.39. The summed E-state index contributed by atoms with van der Waals surface area (Å²) in [5.74, 6) is 1.37. The first-order chi connectivity index (χ1) is 12.1. The van der Waals surface area contributed by atoms with Crippen LogP contribution in [0, 0.1) is 0 Å². The Kier molecular flexibility index (Phi) is 4.14. The minimum Gasteiger partial charge on any atom is -0.378 e. The number of hydrogen-bond acceptors (Lipinski definition) is 8. The molecule has 10 heteroatoms. The molecule has 4 rings (SSSR count). The number of nitrogen functional groups attached to an aromatic ring is 1. The van der Waals surface area contributed by atoms with Gasteiger partial charge in [0.2, 0.25) is 11.9 Å². The van der Waals surface area contributed by atoms with Crippen LogP contribution in [0.15, 0.2) is 12.4 Å². The number of nitrogens with two attached hydrogens (primary N) is 1. The zero-order valence-electron chi connectivity index (χ0n) is 13.4. The van der Waals surface area contributed by atoms with Crippen LogP contribution in [0.25, 0.3) is 11.3 Å². The molecule has 0 radical (unpaired) electrons. The van der Waals surface area contributed by atoms with Crippen molar-refractivity contribution in [2.75, 3.05) is 48.4 Å². The van der Waals surface area contributed by atoms with Crippen molar-refractivity contribution in [2.45, 2.75) is 6.42 Å². The van der Waals surface area contributed by atoms with Crippen LogP contribution in [-0.4, -0.2) is 58.0 Å². The van der Waals surface area contributed by atoms with E-state index < -0.39 is 0 Å². The Morgan fingerprint density at radius 2 is 1.88 bits per heavy atom. The second kappa shape index (κ2) is 6.45. The van der Waals surface area contributed by atoms with Crippen molar-refractivity contribution in [3.05, 3.63) is 18.0 Å². The zero-order valence-corrected chi connectivity index (χ0v) is 14.3. The topological polar surface area (TPSA) is 110 Å². The molecule has 25 heavy (non-hydrogen) atoms. The van der Waals surface area contributed by atoms with E-state index in [9.17, 15) is 4.79 Å². The molecule has 1 fully saturated rings. The van der Waals surface area contributed by atoms with E-state index in [4.69, 9.17) is 15.5 Å². The standard InChI is InChI=1S/C15H17N7O2S/c16-13-17-7-9(8-18-13)11-10-1-2-22(15(23)25)12(10)20-14(19-11)21-3-5-24-6-4-21/h7-8H,1-6H2,(H,23,25)(H2,16,17,18). The first kappa shape index (κ1) is 16.0. The number of amides is 1. The number of nitrogens with zero attached hydrogens (tertiary/aromatic N) is 6. The lowest BCUT2D eigenvalue weighted by Gasteiger charge is -2.28. The van der Waals surface area contributed by atoms with Gasteiger partial charge in [-0.3, -0.25) is 9.69 Å². The first-order valence-corrected chi connectivity index (χ1v) is 8.40. The van der Waals surface area contributed by atoms with Crippen molar-refractivity contribution in [3.8, 4) is 11.3 Å². The van der Waals surface area contributed by atoms with E-state index in [0.717, 1.165) is 16.8 Å². The van der Waals surface area contributed by atoms with E-state index in [2.05, 4.69) is 27.6 Å². The summed E-state index contributed by atoms with van der Waals surface area (Å²) >= 11 is 3.97. The fraction of sp³-hybridized carbons (Fsp3) is 0.400. The van der Waals surface area contributed by atoms with Gasteiger partial charge in [-0.15, -0.1) is 0 Å². The van der Waals surface area contributed by atoms with Crippen LogP contribution in [-0.2, 0) is 11.2 Å². The Hall–Kier alpha value is -2.46. The van der Waals surface area contributed by atoms with Crippen molar-refractivity contribution in [3.63, 3.8) is 0 Å². The van der Waals surface area contributed by atoms with Crippen LogP contribution < -0.4 is 15.5 Å². The van der Waals surface area contributed by atoms with Gasteiger partial charge in [0.05, 0.1) is 18.9 Å². The number of fused-ring (bicyclic) bond motifs is 1. The Bertz CT molecular complexity index is 808. The fourth-order valence-corrected chi connectivity index (χ4v) is 3.23. The Morgan fingerprint density at radius 1 is 1.16 bits per heavy atom. The number of rotatable bonds is 2. The molecule has 0 atom stereocenters. The molecule has 130 valence electrons. The second-order valence-electron chi connectivity index (χ2n) is 5.79. The molecule has 0 aromatic carbocycles. The molecule has 1 saturated heterocycles. The number of ether oxygens (including phenoxy) is 1. The monoisotopic (exact) mass is 359 g/mol. The largest absolute Gasteiger partial charge is 0.378 e. The van der Waals surface area contributed by atoms with Crippen LogP contribution in [0.2, 0.25) is 0 Å². The Balaban J connectivity index is 1.84. The van der Waals surface area contributed by atoms with Gasteiger partial charge in [-0.2, -0.15) is 4.98 Å². The lowest BCUT2D eigenvalue weighted by molar-refractivity contribution is 0.122. The van der Waals surface area contributed by atoms with Crippen LogP contribution in [0.1, 0.15) is 5.56 Å². The van der Waals surface area contributed by atoms with E-state index in [0.29, 0.717) is 51.0 Å². The van der Waals surface area contributed by atoms with E-state index >= 15 is 0 Å². The summed E-state index contributed by atoms with van der Waals surface area (Å²) in [6, 6.07) is 0. The van der Waals surface area contributed by atoms with Gasteiger partial charge in [0.25, 0.3) is 5.24 Å². The molecule has 2 N–H and O–H groups in total. The number of carbonyl (C=O) groups is 1. The molecular weight excluding hydrogens is 342 g/mol. The molecule has 2 aliphatic heterocycles. The third kappa shape index (κ3) is 2.98. The number of anilines is 3. The summed E-state index contributed by atoms with van der Waals surface area (Å²) in [4.78, 5) is 32.9.